The van der Waals surface area contributed by atoms with Crippen molar-refractivity contribution in [3.63, 3.8) is 0 Å². The van der Waals surface area contributed by atoms with E-state index in [0.29, 0.717) is 5.75 Å². The number of aryl methyl sites for hydroxylation is 1. The third-order valence-corrected chi connectivity index (χ3v) is 3.84. The Hall–Kier alpha value is -2.08. The van der Waals surface area contributed by atoms with Crippen LogP contribution in [0.4, 0.5) is 13.2 Å². The third-order valence-electron chi connectivity index (χ3n) is 2.89. The molecule has 0 fully saturated rings. The van der Waals surface area contributed by atoms with E-state index in [0.717, 1.165) is 21.3 Å². The molecular weight excluding hydrogens is 299 g/mol. The molecule has 0 saturated heterocycles. The summed E-state index contributed by atoms with van der Waals surface area (Å²) in [5, 5.41) is 0.901. The summed E-state index contributed by atoms with van der Waals surface area (Å²) in [6.07, 6.45) is -4.45. The number of aromatic nitrogens is 1. The van der Waals surface area contributed by atoms with E-state index in [1.165, 1.54) is 29.5 Å². The molecular formula is C15H10F3NOS. The Labute approximate surface area is 122 Å². The van der Waals surface area contributed by atoms with Crippen LogP contribution in [0.25, 0.3) is 10.2 Å². The van der Waals surface area contributed by atoms with Gasteiger partial charge in [-0.2, -0.15) is 13.2 Å². The number of hydrogen-bond donors (Lipinski definition) is 0. The van der Waals surface area contributed by atoms with E-state index in [-0.39, 0.29) is 5.75 Å². The first-order chi connectivity index (χ1) is 9.93. The van der Waals surface area contributed by atoms with E-state index in [1.807, 2.05) is 6.92 Å². The van der Waals surface area contributed by atoms with Gasteiger partial charge in [0.2, 0.25) is 0 Å². The lowest BCUT2D eigenvalue weighted by Gasteiger charge is -2.13. The van der Waals surface area contributed by atoms with Crippen LogP contribution < -0.4 is 4.74 Å². The normalized spacial score (nSPS) is 11.8. The van der Waals surface area contributed by atoms with Gasteiger partial charge < -0.3 is 4.74 Å². The van der Waals surface area contributed by atoms with E-state index in [9.17, 15) is 13.2 Å². The number of benzene rings is 2. The van der Waals surface area contributed by atoms with Crippen molar-refractivity contribution >= 4 is 21.6 Å². The lowest BCUT2D eigenvalue weighted by molar-refractivity contribution is -0.138. The molecule has 6 heteroatoms. The van der Waals surface area contributed by atoms with E-state index in [2.05, 4.69) is 4.98 Å². The molecule has 108 valence electrons. The number of rotatable bonds is 2. The number of ether oxygens (including phenoxy) is 1. The van der Waals surface area contributed by atoms with Gasteiger partial charge in [0.25, 0.3) is 0 Å². The highest BCUT2D eigenvalue weighted by Gasteiger charge is 2.34. The zero-order valence-corrected chi connectivity index (χ0v) is 11.8. The molecule has 0 aliphatic carbocycles. The molecule has 3 rings (SSSR count). The van der Waals surface area contributed by atoms with Crippen molar-refractivity contribution in [2.24, 2.45) is 0 Å². The quantitative estimate of drug-likeness (QED) is 0.631. The summed E-state index contributed by atoms with van der Waals surface area (Å²) in [6, 6.07) is 10.2. The lowest BCUT2D eigenvalue weighted by Crippen LogP contribution is -2.06. The van der Waals surface area contributed by atoms with Gasteiger partial charge in [0.1, 0.15) is 11.5 Å². The van der Waals surface area contributed by atoms with Crippen molar-refractivity contribution in [2.75, 3.05) is 0 Å². The highest BCUT2D eigenvalue weighted by atomic mass is 32.1. The molecule has 0 bridgehead atoms. The molecule has 0 atom stereocenters. The van der Waals surface area contributed by atoms with Crippen molar-refractivity contribution < 1.29 is 17.9 Å². The molecule has 21 heavy (non-hydrogen) atoms. The number of alkyl halides is 3. The van der Waals surface area contributed by atoms with Crippen LogP contribution in [0.1, 0.15) is 10.6 Å². The highest BCUT2D eigenvalue weighted by molar-refractivity contribution is 7.18. The fourth-order valence-corrected chi connectivity index (χ4v) is 2.81. The van der Waals surface area contributed by atoms with Crippen LogP contribution in [0.2, 0.25) is 0 Å². The Morgan fingerprint density at radius 3 is 2.62 bits per heavy atom. The van der Waals surface area contributed by atoms with Gasteiger partial charge in [0.15, 0.2) is 0 Å². The van der Waals surface area contributed by atoms with Gasteiger partial charge in [-0.05, 0) is 31.2 Å². The van der Waals surface area contributed by atoms with Crippen molar-refractivity contribution in [3.05, 3.63) is 53.0 Å². The minimum absolute atomic E-state index is 0.212. The summed E-state index contributed by atoms with van der Waals surface area (Å²) in [6.45, 7) is 1.88. The zero-order valence-electron chi connectivity index (χ0n) is 10.9. The summed E-state index contributed by atoms with van der Waals surface area (Å²) in [5.74, 6) is 0.126. The van der Waals surface area contributed by atoms with Crippen molar-refractivity contribution in [3.8, 4) is 11.5 Å². The monoisotopic (exact) mass is 309 g/mol. The molecule has 2 nitrogen and oxygen atoms in total. The van der Waals surface area contributed by atoms with Gasteiger partial charge in [-0.3, -0.25) is 0 Å². The van der Waals surface area contributed by atoms with Gasteiger partial charge in [0.05, 0.1) is 20.8 Å². The molecule has 0 saturated carbocycles. The SMILES string of the molecule is Cc1nc2cc(Oc3ccccc3C(F)(F)F)ccc2s1. The molecule has 1 aromatic heterocycles. The van der Waals surface area contributed by atoms with Gasteiger partial charge in [-0.1, -0.05) is 12.1 Å². The smallest absolute Gasteiger partial charge is 0.419 e. The fraction of sp³-hybridized carbons (Fsp3) is 0.133. The van der Waals surface area contributed by atoms with Crippen LogP contribution >= 0.6 is 11.3 Å². The lowest BCUT2D eigenvalue weighted by atomic mass is 10.2. The largest absolute Gasteiger partial charge is 0.457 e. The topological polar surface area (TPSA) is 22.1 Å². The summed E-state index contributed by atoms with van der Waals surface area (Å²) >= 11 is 1.53. The standard InChI is InChI=1S/C15H10F3NOS/c1-9-19-12-8-10(6-7-14(12)21-9)20-13-5-3-2-4-11(13)15(16,17)18/h2-8H,1H3. The third kappa shape index (κ3) is 2.85. The molecule has 3 aromatic rings. The minimum Gasteiger partial charge on any atom is -0.457 e. The Kier molecular flexibility index (Phi) is 3.33. The average Bonchev–Trinajstić information content (AvgIpc) is 2.77. The summed E-state index contributed by atoms with van der Waals surface area (Å²) in [5.41, 5.74) is -0.0703. The molecule has 2 aromatic carbocycles. The van der Waals surface area contributed by atoms with Gasteiger partial charge in [0, 0.05) is 6.07 Å². The molecule has 0 N–H and O–H groups in total. The number of hydrogen-bond acceptors (Lipinski definition) is 3. The maximum absolute atomic E-state index is 12.9. The summed E-state index contributed by atoms with van der Waals surface area (Å²) in [7, 11) is 0. The van der Waals surface area contributed by atoms with Crippen LogP contribution in [-0.2, 0) is 6.18 Å². The predicted octanol–water partition coefficient (Wildman–Crippen LogP) is 5.42. The van der Waals surface area contributed by atoms with Crippen LogP contribution in [0.3, 0.4) is 0 Å². The second kappa shape index (κ2) is 5.04. The predicted molar refractivity (Wildman–Crippen MR) is 75.9 cm³/mol. The first kappa shape index (κ1) is 13.9. The fourth-order valence-electron chi connectivity index (χ4n) is 2.00. The maximum Gasteiger partial charge on any atom is 0.419 e. The van der Waals surface area contributed by atoms with Gasteiger partial charge in [-0.15, -0.1) is 11.3 Å². The minimum atomic E-state index is -4.45. The second-order valence-electron chi connectivity index (χ2n) is 4.46. The highest BCUT2D eigenvalue weighted by Crippen LogP contribution is 2.38. The van der Waals surface area contributed by atoms with E-state index < -0.39 is 11.7 Å². The molecule has 0 spiro atoms. The number of fused-ring (bicyclic) bond motifs is 1. The van der Waals surface area contributed by atoms with E-state index in [1.54, 1.807) is 18.2 Å². The zero-order chi connectivity index (χ0) is 15.0. The first-order valence-electron chi connectivity index (χ1n) is 6.15. The number of thiazole rings is 1. The van der Waals surface area contributed by atoms with Crippen molar-refractivity contribution in [2.45, 2.75) is 13.1 Å². The summed E-state index contributed by atoms with van der Waals surface area (Å²) in [4.78, 5) is 4.30. The number of halogens is 3. The van der Waals surface area contributed by atoms with Gasteiger partial charge >= 0.3 is 6.18 Å². The van der Waals surface area contributed by atoms with Crippen LogP contribution in [0.5, 0.6) is 11.5 Å². The van der Waals surface area contributed by atoms with Crippen LogP contribution in [-0.4, -0.2) is 4.98 Å². The van der Waals surface area contributed by atoms with Crippen molar-refractivity contribution in [1.82, 2.24) is 4.98 Å². The van der Waals surface area contributed by atoms with Gasteiger partial charge in [-0.25, -0.2) is 4.98 Å². The second-order valence-corrected chi connectivity index (χ2v) is 5.69. The average molecular weight is 309 g/mol. The van der Waals surface area contributed by atoms with E-state index in [4.69, 9.17) is 4.74 Å². The number of para-hydroxylation sites is 1. The molecule has 0 unspecified atom stereocenters. The first-order valence-corrected chi connectivity index (χ1v) is 6.96. The molecule has 0 aliphatic heterocycles. The summed E-state index contributed by atoms with van der Waals surface area (Å²) < 4.78 is 45.1. The molecule has 1 heterocycles. The number of nitrogens with zero attached hydrogens (tertiary/aromatic N) is 1. The Morgan fingerprint density at radius 2 is 1.86 bits per heavy atom. The molecule has 0 aliphatic rings. The Morgan fingerprint density at radius 1 is 1.10 bits per heavy atom. The molecule has 0 radical (unpaired) electrons. The molecule has 0 amide bonds. The van der Waals surface area contributed by atoms with Crippen LogP contribution in [0.15, 0.2) is 42.5 Å². The van der Waals surface area contributed by atoms with E-state index >= 15 is 0 Å². The Bertz CT molecular complexity index is 795. The van der Waals surface area contributed by atoms with Crippen molar-refractivity contribution in [1.29, 1.82) is 0 Å². The Balaban J connectivity index is 1.98. The maximum atomic E-state index is 12.9. The van der Waals surface area contributed by atoms with Crippen LogP contribution in [0, 0.1) is 6.92 Å².